The Labute approximate surface area is 141 Å². The Bertz CT molecular complexity index is 652. The van der Waals surface area contributed by atoms with Crippen LogP contribution in [0.2, 0.25) is 0 Å². The summed E-state index contributed by atoms with van der Waals surface area (Å²) in [6, 6.07) is 6.13. The van der Waals surface area contributed by atoms with Crippen LogP contribution in [0.1, 0.15) is 35.8 Å². The molecule has 2 aromatic rings. The van der Waals surface area contributed by atoms with E-state index in [1.54, 1.807) is 12.1 Å². The van der Waals surface area contributed by atoms with Crippen LogP contribution in [-0.2, 0) is 0 Å². The predicted octanol–water partition coefficient (Wildman–Crippen LogP) is 2.74. The number of halogens is 1. The van der Waals surface area contributed by atoms with Crippen molar-refractivity contribution >= 4 is 0 Å². The number of β-amino-alcohol motifs (C(OH)–C–C–N with tert-alkyl or cyclic N) is 1. The van der Waals surface area contributed by atoms with Gasteiger partial charge in [-0.3, -0.25) is 10.00 Å². The number of aromatic nitrogens is 2. The van der Waals surface area contributed by atoms with Gasteiger partial charge in [0, 0.05) is 23.8 Å². The molecule has 2 unspecified atom stereocenters. The Morgan fingerprint density at radius 2 is 2.12 bits per heavy atom. The van der Waals surface area contributed by atoms with Crippen molar-refractivity contribution in [3.05, 3.63) is 47.0 Å². The number of likely N-dealkylation sites (tertiary alicyclic amines) is 1. The number of hydrogen-bond donors (Lipinski definition) is 2. The molecule has 0 saturated carbocycles. The highest BCUT2D eigenvalue weighted by molar-refractivity contribution is 5.28. The van der Waals surface area contributed by atoms with Gasteiger partial charge in [-0.15, -0.1) is 0 Å². The lowest BCUT2D eigenvalue weighted by Gasteiger charge is -2.27. The van der Waals surface area contributed by atoms with Crippen LogP contribution in [0.3, 0.4) is 0 Å². The van der Waals surface area contributed by atoms with Gasteiger partial charge in [0.15, 0.2) is 0 Å². The van der Waals surface area contributed by atoms with Crippen LogP contribution >= 0.6 is 0 Å². The molecule has 2 N–H and O–H groups in total. The highest BCUT2D eigenvalue weighted by Crippen LogP contribution is 2.34. The largest absolute Gasteiger partial charge is 0.491 e. The number of nitrogens with zero attached hydrogens (tertiary/aromatic N) is 2. The second-order valence-corrected chi connectivity index (χ2v) is 6.42. The predicted molar refractivity (Wildman–Crippen MR) is 89.5 cm³/mol. The van der Waals surface area contributed by atoms with E-state index in [0.29, 0.717) is 18.3 Å². The maximum Gasteiger partial charge on any atom is 0.123 e. The number of nitrogens with one attached hydrogen (secondary N) is 1. The molecule has 130 valence electrons. The lowest BCUT2D eigenvalue weighted by Crippen LogP contribution is -2.35. The number of aliphatic hydroxyl groups is 1. The van der Waals surface area contributed by atoms with Crippen molar-refractivity contribution in [1.82, 2.24) is 15.1 Å². The minimum atomic E-state index is -0.594. The van der Waals surface area contributed by atoms with Crippen molar-refractivity contribution in [3.8, 4) is 5.75 Å². The molecule has 2 atom stereocenters. The van der Waals surface area contributed by atoms with E-state index >= 15 is 0 Å². The van der Waals surface area contributed by atoms with Crippen LogP contribution in [0.5, 0.6) is 5.75 Å². The van der Waals surface area contributed by atoms with Crippen molar-refractivity contribution in [2.45, 2.75) is 38.8 Å². The first-order chi connectivity index (χ1) is 11.5. The topological polar surface area (TPSA) is 61.4 Å². The molecule has 24 heavy (non-hydrogen) atoms. The van der Waals surface area contributed by atoms with Crippen molar-refractivity contribution in [1.29, 1.82) is 0 Å². The van der Waals surface area contributed by atoms with Crippen LogP contribution in [0.4, 0.5) is 4.39 Å². The maximum atomic E-state index is 12.9. The Kier molecular flexibility index (Phi) is 5.16. The summed E-state index contributed by atoms with van der Waals surface area (Å²) >= 11 is 0. The zero-order chi connectivity index (χ0) is 17.1. The molecule has 0 spiro atoms. The number of H-pyrrole nitrogens is 1. The minimum Gasteiger partial charge on any atom is -0.491 e. The number of aromatic amines is 1. The molecule has 3 rings (SSSR count). The number of aryl methyl sites for hydroxylation is 2. The smallest absolute Gasteiger partial charge is 0.123 e. The molecule has 1 saturated heterocycles. The fraction of sp³-hybridized carbons (Fsp3) is 0.500. The molecule has 6 heteroatoms. The molecule has 0 bridgehead atoms. The minimum absolute atomic E-state index is 0.193. The average Bonchev–Trinajstić information content (AvgIpc) is 3.13. The van der Waals surface area contributed by atoms with E-state index in [1.165, 1.54) is 17.7 Å². The highest BCUT2D eigenvalue weighted by atomic mass is 19.1. The number of aliphatic hydroxyl groups excluding tert-OH is 1. The zero-order valence-electron chi connectivity index (χ0n) is 14.1. The summed E-state index contributed by atoms with van der Waals surface area (Å²) in [6.45, 7) is 5.76. The molecule has 0 radical (unpaired) electrons. The van der Waals surface area contributed by atoms with Gasteiger partial charge in [-0.1, -0.05) is 0 Å². The average molecular weight is 333 g/mol. The lowest BCUT2D eigenvalue weighted by molar-refractivity contribution is 0.0636. The van der Waals surface area contributed by atoms with Crippen molar-refractivity contribution in [2.24, 2.45) is 0 Å². The summed E-state index contributed by atoms with van der Waals surface area (Å²) in [7, 11) is 0. The van der Waals surface area contributed by atoms with Crippen LogP contribution in [0, 0.1) is 19.7 Å². The first-order valence-corrected chi connectivity index (χ1v) is 8.36. The van der Waals surface area contributed by atoms with Crippen LogP contribution in [0.25, 0.3) is 0 Å². The summed E-state index contributed by atoms with van der Waals surface area (Å²) in [6.07, 6.45) is 1.59. The SMILES string of the molecule is Cc1n[nH]c(C)c1C1CCCN1CC(O)COc1ccc(F)cc1. The summed E-state index contributed by atoms with van der Waals surface area (Å²) in [5, 5.41) is 17.6. The molecule has 2 heterocycles. The molecular weight excluding hydrogens is 309 g/mol. The molecular formula is C18H24FN3O2. The summed E-state index contributed by atoms with van der Waals surface area (Å²) in [5.74, 6) is 0.267. The summed E-state index contributed by atoms with van der Waals surface area (Å²) in [5.41, 5.74) is 3.38. The van der Waals surface area contributed by atoms with Crippen LogP contribution in [0.15, 0.2) is 24.3 Å². The fourth-order valence-corrected chi connectivity index (χ4v) is 3.47. The van der Waals surface area contributed by atoms with Crippen molar-refractivity contribution in [2.75, 3.05) is 19.7 Å². The summed E-state index contributed by atoms with van der Waals surface area (Å²) in [4.78, 5) is 2.30. The Morgan fingerprint density at radius 1 is 1.38 bits per heavy atom. The Balaban J connectivity index is 1.57. The quantitative estimate of drug-likeness (QED) is 0.853. The first-order valence-electron chi connectivity index (χ1n) is 8.36. The van der Waals surface area contributed by atoms with Gasteiger partial charge in [0.05, 0.1) is 5.69 Å². The molecule has 1 aliphatic heterocycles. The van der Waals surface area contributed by atoms with Gasteiger partial charge in [-0.25, -0.2) is 4.39 Å². The van der Waals surface area contributed by atoms with E-state index in [9.17, 15) is 9.50 Å². The molecule has 1 fully saturated rings. The number of ether oxygens (including phenoxy) is 1. The van der Waals surface area contributed by atoms with E-state index in [-0.39, 0.29) is 12.4 Å². The fourth-order valence-electron chi connectivity index (χ4n) is 3.47. The van der Waals surface area contributed by atoms with E-state index < -0.39 is 6.10 Å². The molecule has 5 nitrogen and oxygen atoms in total. The van der Waals surface area contributed by atoms with Gasteiger partial charge in [0.1, 0.15) is 24.3 Å². The summed E-state index contributed by atoms with van der Waals surface area (Å²) < 4.78 is 18.4. The normalized spacial score (nSPS) is 19.6. The number of hydrogen-bond acceptors (Lipinski definition) is 4. The van der Waals surface area contributed by atoms with Gasteiger partial charge in [0.2, 0.25) is 0 Å². The Hall–Kier alpha value is -1.92. The van der Waals surface area contributed by atoms with Gasteiger partial charge in [-0.2, -0.15) is 5.10 Å². The number of benzene rings is 1. The van der Waals surface area contributed by atoms with Gasteiger partial charge in [-0.05, 0) is 57.5 Å². The highest BCUT2D eigenvalue weighted by Gasteiger charge is 2.30. The van der Waals surface area contributed by atoms with E-state index in [0.717, 1.165) is 30.8 Å². The zero-order valence-corrected chi connectivity index (χ0v) is 14.1. The van der Waals surface area contributed by atoms with E-state index in [4.69, 9.17) is 4.74 Å². The monoisotopic (exact) mass is 333 g/mol. The molecule has 0 aliphatic carbocycles. The molecule has 0 amide bonds. The van der Waals surface area contributed by atoms with Gasteiger partial charge in [0.25, 0.3) is 0 Å². The lowest BCUT2D eigenvalue weighted by atomic mass is 10.0. The Morgan fingerprint density at radius 3 is 2.79 bits per heavy atom. The third-order valence-electron chi connectivity index (χ3n) is 4.58. The van der Waals surface area contributed by atoms with Crippen LogP contribution < -0.4 is 4.74 Å². The molecule has 1 aromatic heterocycles. The third kappa shape index (κ3) is 3.76. The second kappa shape index (κ2) is 7.32. The molecule has 1 aliphatic rings. The maximum absolute atomic E-state index is 12.9. The second-order valence-electron chi connectivity index (χ2n) is 6.42. The first kappa shape index (κ1) is 16.9. The van der Waals surface area contributed by atoms with Gasteiger partial charge < -0.3 is 9.84 Å². The van der Waals surface area contributed by atoms with E-state index in [2.05, 4.69) is 15.1 Å². The number of rotatable bonds is 6. The van der Waals surface area contributed by atoms with Crippen molar-refractivity contribution in [3.63, 3.8) is 0 Å². The molecule has 1 aromatic carbocycles. The van der Waals surface area contributed by atoms with Gasteiger partial charge >= 0.3 is 0 Å². The van der Waals surface area contributed by atoms with E-state index in [1.807, 2.05) is 13.8 Å². The standard InChI is InChI=1S/C18H24FN3O2/c1-12-18(13(2)21-20-12)17-4-3-9-22(17)10-15(23)11-24-16-7-5-14(19)6-8-16/h5-8,15,17,23H,3-4,9-11H2,1-2H3,(H,20,21). The van der Waals surface area contributed by atoms with Crippen LogP contribution in [-0.4, -0.2) is 46.0 Å². The third-order valence-corrected chi connectivity index (χ3v) is 4.58. The van der Waals surface area contributed by atoms with Crippen molar-refractivity contribution < 1.29 is 14.2 Å².